The maximum absolute atomic E-state index is 12.1. The lowest BCUT2D eigenvalue weighted by molar-refractivity contribution is -0.136. The van der Waals surface area contributed by atoms with Gasteiger partial charge >= 0.3 is 0 Å². The third-order valence-electron chi connectivity index (χ3n) is 4.64. The van der Waals surface area contributed by atoms with Gasteiger partial charge in [0.15, 0.2) is 0 Å². The molecule has 1 saturated heterocycles. The van der Waals surface area contributed by atoms with E-state index in [1.165, 1.54) is 12.8 Å². The van der Waals surface area contributed by atoms with Gasteiger partial charge in [0.2, 0.25) is 5.91 Å². The summed E-state index contributed by atoms with van der Waals surface area (Å²) in [4.78, 5) is 14.1. The molecule has 17 heavy (non-hydrogen) atoms. The molecule has 100 valence electrons. The second-order valence-electron chi connectivity index (χ2n) is 5.80. The molecule has 0 saturated carbocycles. The molecule has 1 heterocycles. The van der Waals surface area contributed by atoms with Crippen LogP contribution in [0.3, 0.4) is 0 Å². The van der Waals surface area contributed by atoms with Crippen LogP contribution >= 0.6 is 0 Å². The van der Waals surface area contributed by atoms with E-state index in [1.807, 2.05) is 18.7 Å². The van der Waals surface area contributed by atoms with Gasteiger partial charge in [-0.15, -0.1) is 0 Å². The SMILES string of the molecule is CCC1(CC)CCN(C(=O)[C@H](N)C(C)C)CC1. The molecule has 0 unspecified atom stereocenters. The second-order valence-corrected chi connectivity index (χ2v) is 5.80. The van der Waals surface area contributed by atoms with Crippen molar-refractivity contribution in [1.82, 2.24) is 4.90 Å². The Morgan fingerprint density at radius 3 is 2.06 bits per heavy atom. The molecule has 1 atom stereocenters. The van der Waals surface area contributed by atoms with Crippen LogP contribution in [0.25, 0.3) is 0 Å². The Balaban J connectivity index is 2.55. The number of nitrogens with zero attached hydrogens (tertiary/aromatic N) is 1. The summed E-state index contributed by atoms with van der Waals surface area (Å²) in [6.45, 7) is 10.3. The molecule has 0 bridgehead atoms. The summed E-state index contributed by atoms with van der Waals surface area (Å²) < 4.78 is 0. The lowest BCUT2D eigenvalue weighted by Gasteiger charge is -2.42. The topological polar surface area (TPSA) is 46.3 Å². The average Bonchev–Trinajstić information content (AvgIpc) is 2.37. The fourth-order valence-corrected chi connectivity index (χ4v) is 2.65. The number of hydrogen-bond acceptors (Lipinski definition) is 2. The number of carbonyl (C=O) groups excluding carboxylic acids is 1. The van der Waals surface area contributed by atoms with Crippen molar-refractivity contribution < 1.29 is 4.79 Å². The number of carbonyl (C=O) groups is 1. The predicted molar refractivity (Wildman–Crippen MR) is 71.6 cm³/mol. The largest absolute Gasteiger partial charge is 0.341 e. The van der Waals surface area contributed by atoms with E-state index in [0.717, 1.165) is 25.9 Å². The number of likely N-dealkylation sites (tertiary alicyclic amines) is 1. The van der Waals surface area contributed by atoms with E-state index in [1.54, 1.807) is 0 Å². The van der Waals surface area contributed by atoms with Gasteiger partial charge in [-0.2, -0.15) is 0 Å². The third-order valence-corrected chi connectivity index (χ3v) is 4.64. The lowest BCUT2D eigenvalue weighted by Crippen LogP contribution is -2.50. The minimum absolute atomic E-state index is 0.140. The smallest absolute Gasteiger partial charge is 0.239 e. The van der Waals surface area contributed by atoms with Gasteiger partial charge in [-0.25, -0.2) is 0 Å². The van der Waals surface area contributed by atoms with E-state index in [4.69, 9.17) is 5.73 Å². The zero-order chi connectivity index (χ0) is 13.1. The van der Waals surface area contributed by atoms with Crippen molar-refractivity contribution in [3.05, 3.63) is 0 Å². The maximum atomic E-state index is 12.1. The first kappa shape index (κ1) is 14.5. The highest BCUT2D eigenvalue weighted by atomic mass is 16.2. The van der Waals surface area contributed by atoms with Gasteiger partial charge in [0.25, 0.3) is 0 Å². The highest BCUT2D eigenvalue weighted by molar-refractivity contribution is 5.82. The van der Waals surface area contributed by atoms with Gasteiger partial charge < -0.3 is 10.6 Å². The Hall–Kier alpha value is -0.570. The Bertz CT molecular complexity index is 249. The minimum atomic E-state index is -0.328. The van der Waals surface area contributed by atoms with Gasteiger partial charge in [0, 0.05) is 13.1 Å². The molecule has 0 aromatic carbocycles. The molecule has 3 nitrogen and oxygen atoms in total. The van der Waals surface area contributed by atoms with Crippen molar-refractivity contribution in [3.63, 3.8) is 0 Å². The van der Waals surface area contributed by atoms with Gasteiger partial charge in [0.1, 0.15) is 0 Å². The molecule has 2 N–H and O–H groups in total. The van der Waals surface area contributed by atoms with Crippen molar-refractivity contribution in [3.8, 4) is 0 Å². The third kappa shape index (κ3) is 3.21. The number of amides is 1. The molecule has 1 amide bonds. The monoisotopic (exact) mass is 240 g/mol. The predicted octanol–water partition coefficient (Wildman–Crippen LogP) is 2.40. The highest BCUT2D eigenvalue weighted by Crippen LogP contribution is 2.37. The van der Waals surface area contributed by atoms with Crippen molar-refractivity contribution >= 4 is 5.91 Å². The lowest BCUT2D eigenvalue weighted by atomic mass is 9.74. The molecule has 0 aliphatic carbocycles. The Labute approximate surface area is 106 Å². The van der Waals surface area contributed by atoms with Crippen molar-refractivity contribution in [1.29, 1.82) is 0 Å². The first-order valence-corrected chi connectivity index (χ1v) is 7.00. The average molecular weight is 240 g/mol. The Kier molecular flexibility index (Phi) is 4.99. The van der Waals surface area contributed by atoms with E-state index in [2.05, 4.69) is 13.8 Å². The summed E-state index contributed by atoms with van der Waals surface area (Å²) in [7, 11) is 0. The number of piperidine rings is 1. The molecule has 0 radical (unpaired) electrons. The van der Waals surface area contributed by atoms with E-state index in [9.17, 15) is 4.79 Å². The standard InChI is InChI=1S/C14H28N2O/c1-5-14(6-2)7-9-16(10-8-14)13(17)12(15)11(3)4/h11-12H,5-10,15H2,1-4H3/t12-/m1/s1. The number of nitrogens with two attached hydrogens (primary N) is 1. The van der Waals surface area contributed by atoms with Crippen molar-refractivity contribution in [2.24, 2.45) is 17.1 Å². The fraction of sp³-hybridized carbons (Fsp3) is 0.929. The number of rotatable bonds is 4. The summed E-state index contributed by atoms with van der Waals surface area (Å²) in [5, 5.41) is 0. The van der Waals surface area contributed by atoms with Gasteiger partial charge in [0.05, 0.1) is 6.04 Å². The van der Waals surface area contributed by atoms with Crippen LogP contribution in [0.2, 0.25) is 0 Å². The van der Waals surface area contributed by atoms with Crippen LogP contribution in [0.1, 0.15) is 53.4 Å². The zero-order valence-electron chi connectivity index (χ0n) is 11.8. The molecule has 1 aliphatic heterocycles. The molecule has 0 aromatic rings. The van der Waals surface area contributed by atoms with Gasteiger partial charge in [-0.3, -0.25) is 4.79 Å². The summed E-state index contributed by atoms with van der Waals surface area (Å²) in [6, 6.07) is -0.328. The van der Waals surface area contributed by atoms with Crippen LogP contribution in [0.4, 0.5) is 0 Å². The number of hydrogen-bond donors (Lipinski definition) is 1. The van der Waals surface area contributed by atoms with Crippen molar-refractivity contribution in [2.45, 2.75) is 59.4 Å². The normalized spacial score (nSPS) is 21.6. The van der Waals surface area contributed by atoms with Crippen LogP contribution < -0.4 is 5.73 Å². The van der Waals surface area contributed by atoms with Crippen LogP contribution in [0.5, 0.6) is 0 Å². The van der Waals surface area contributed by atoms with Crippen LogP contribution in [-0.4, -0.2) is 29.9 Å². The summed E-state index contributed by atoms with van der Waals surface area (Å²) in [5.41, 5.74) is 6.40. The summed E-state index contributed by atoms with van der Waals surface area (Å²) >= 11 is 0. The van der Waals surface area contributed by atoms with Gasteiger partial charge in [-0.05, 0) is 24.2 Å². The Morgan fingerprint density at radius 2 is 1.71 bits per heavy atom. The fourth-order valence-electron chi connectivity index (χ4n) is 2.65. The zero-order valence-corrected chi connectivity index (χ0v) is 11.8. The Morgan fingerprint density at radius 1 is 1.24 bits per heavy atom. The first-order chi connectivity index (χ1) is 7.95. The van der Waals surface area contributed by atoms with Crippen LogP contribution in [0, 0.1) is 11.3 Å². The van der Waals surface area contributed by atoms with Gasteiger partial charge in [-0.1, -0.05) is 40.5 Å². The molecule has 1 rings (SSSR count). The second kappa shape index (κ2) is 5.85. The van der Waals surface area contributed by atoms with E-state index < -0.39 is 0 Å². The molecule has 1 aliphatic rings. The molecular weight excluding hydrogens is 212 g/mol. The quantitative estimate of drug-likeness (QED) is 0.820. The molecule has 0 spiro atoms. The first-order valence-electron chi connectivity index (χ1n) is 7.00. The van der Waals surface area contributed by atoms with Crippen LogP contribution in [0.15, 0.2) is 0 Å². The summed E-state index contributed by atoms with van der Waals surface area (Å²) in [5.74, 6) is 0.368. The van der Waals surface area contributed by atoms with Crippen LogP contribution in [-0.2, 0) is 4.79 Å². The molecule has 1 fully saturated rings. The van der Waals surface area contributed by atoms with Crippen molar-refractivity contribution in [2.75, 3.05) is 13.1 Å². The molecule has 0 aromatic heterocycles. The van der Waals surface area contributed by atoms with E-state index in [-0.39, 0.29) is 17.9 Å². The maximum Gasteiger partial charge on any atom is 0.239 e. The molecular formula is C14H28N2O. The molecule has 3 heteroatoms. The van der Waals surface area contributed by atoms with E-state index >= 15 is 0 Å². The summed E-state index contributed by atoms with van der Waals surface area (Å²) in [6.07, 6.45) is 4.72. The minimum Gasteiger partial charge on any atom is -0.341 e. The van der Waals surface area contributed by atoms with E-state index in [0.29, 0.717) is 5.41 Å². The highest BCUT2D eigenvalue weighted by Gasteiger charge is 2.34.